The van der Waals surface area contributed by atoms with Crippen molar-refractivity contribution in [1.82, 2.24) is 24.7 Å². The summed E-state index contributed by atoms with van der Waals surface area (Å²) < 4.78 is 29.3. The average molecular weight is 1020 g/mol. The number of anilines is 2. The molecule has 4 N–H and O–H groups in total. The lowest BCUT2D eigenvalue weighted by Gasteiger charge is -2.43. The Morgan fingerprint density at radius 1 is 0.957 bits per heavy atom. The van der Waals surface area contributed by atoms with Gasteiger partial charge in [-0.15, -0.1) is 24.2 Å². The Morgan fingerprint density at radius 2 is 1.67 bits per heavy atom. The molecule has 0 radical (unpaired) electrons. The molecule has 372 valence electrons. The van der Waals surface area contributed by atoms with E-state index in [1.54, 1.807) is 23.9 Å². The van der Waals surface area contributed by atoms with E-state index in [0.717, 1.165) is 119 Å². The summed E-state index contributed by atoms with van der Waals surface area (Å²) in [6.45, 7) is 13.4. The summed E-state index contributed by atoms with van der Waals surface area (Å²) in [5, 5.41) is 29.6. The molecule has 2 saturated heterocycles. The number of allylic oxidation sites excluding steroid dienone is 1. The Labute approximate surface area is 422 Å². The molecule has 0 bridgehead atoms. The fourth-order valence-corrected chi connectivity index (χ4v) is 12.1. The van der Waals surface area contributed by atoms with Gasteiger partial charge in [0, 0.05) is 124 Å². The number of benzene rings is 4. The SMILES string of the molecule is CC1(CN2CCNCC2)CCC(c2ccc(Cl)cc2)=C(CN2CCN(c3ccc(C(=O)NS(=O)(=O)c4ccc(N[C@H](CCN(CCO)C5CC5)CSc5ccccc5)c([N+](=O)[O-])c4)cc3)CC2)C1.Cl. The number of thioether (sulfide) groups is 1. The summed E-state index contributed by atoms with van der Waals surface area (Å²) >= 11 is 7.92. The second-order valence-corrected chi connectivity index (χ2v) is 22.2. The maximum absolute atomic E-state index is 13.6. The third-order valence-electron chi connectivity index (χ3n) is 13.8. The molecule has 0 spiro atoms. The number of sulfonamides is 1. The van der Waals surface area contributed by atoms with Crippen molar-refractivity contribution in [2.45, 2.75) is 67.3 Å². The van der Waals surface area contributed by atoms with Gasteiger partial charge in [-0.05, 0) is 116 Å². The molecule has 69 heavy (non-hydrogen) atoms. The number of nitro groups is 1. The summed E-state index contributed by atoms with van der Waals surface area (Å²) in [5.74, 6) is -0.222. The highest BCUT2D eigenvalue weighted by molar-refractivity contribution is 7.99. The number of hydrogen-bond donors (Lipinski definition) is 4. The van der Waals surface area contributed by atoms with Crippen molar-refractivity contribution in [1.29, 1.82) is 0 Å². The van der Waals surface area contributed by atoms with Crippen molar-refractivity contribution in [3.8, 4) is 0 Å². The van der Waals surface area contributed by atoms with Crippen molar-refractivity contribution in [3.05, 3.63) is 129 Å². The summed E-state index contributed by atoms with van der Waals surface area (Å²) in [6, 6.07) is 29.0. The minimum atomic E-state index is -4.47. The molecule has 2 aliphatic carbocycles. The zero-order valence-electron chi connectivity index (χ0n) is 39.4. The van der Waals surface area contributed by atoms with Crippen LogP contribution in [0.2, 0.25) is 5.02 Å². The van der Waals surface area contributed by atoms with Gasteiger partial charge in [0.1, 0.15) is 5.69 Å². The predicted octanol–water partition coefficient (Wildman–Crippen LogP) is 7.88. The lowest BCUT2D eigenvalue weighted by molar-refractivity contribution is -0.384. The van der Waals surface area contributed by atoms with Crippen molar-refractivity contribution < 1.29 is 23.2 Å². The largest absolute Gasteiger partial charge is 0.395 e. The molecule has 4 aromatic carbocycles. The molecular weight excluding hydrogens is 956 g/mol. The number of hydrogen-bond acceptors (Lipinski definition) is 13. The van der Waals surface area contributed by atoms with Crippen LogP contribution in [0, 0.1) is 15.5 Å². The molecular formula is C51H66Cl2N8O6S2. The molecule has 14 nitrogen and oxygen atoms in total. The van der Waals surface area contributed by atoms with Crippen molar-refractivity contribution >= 4 is 74.3 Å². The Morgan fingerprint density at radius 3 is 2.33 bits per heavy atom. The first kappa shape index (κ1) is 52.6. The number of carbonyl (C=O) groups is 1. The minimum Gasteiger partial charge on any atom is -0.395 e. The number of aliphatic hydroxyl groups excluding tert-OH is 1. The molecule has 0 aromatic heterocycles. The second kappa shape index (κ2) is 24.3. The quantitative estimate of drug-likeness (QED) is 0.0363. The maximum atomic E-state index is 13.6. The molecule has 2 atom stereocenters. The maximum Gasteiger partial charge on any atom is 0.293 e. The standard InChI is InChI=1S/C51H65ClN8O6S2.ClH/c1-51(37-57-25-22-53-23-26-57)21-19-47(38-7-11-41(52)12-8-38)40(34-51)35-56-27-29-59(30-28-56)43-13-9-39(10-14-43)50(62)55-68(65,66)46-17-18-48(49(33-46)60(63)64)54-42(36-67-45-5-3-2-4-6-45)20-24-58(31-32-61)44-15-16-44;/h2-14,17-18,33,42,44,53-54,61H,15-16,19-32,34-37H2,1H3,(H,55,62);1H/t42-,51?;/m1./s1. The third-order valence-corrected chi connectivity index (χ3v) is 16.6. The van der Waals surface area contributed by atoms with Gasteiger partial charge in [-0.1, -0.05) is 54.4 Å². The number of rotatable bonds is 21. The van der Waals surface area contributed by atoms with Crippen LogP contribution in [0.1, 0.15) is 61.4 Å². The molecule has 3 fully saturated rings. The highest BCUT2D eigenvalue weighted by Gasteiger charge is 2.35. The Bertz CT molecular complexity index is 2490. The van der Waals surface area contributed by atoms with Crippen LogP contribution < -0.4 is 20.3 Å². The van der Waals surface area contributed by atoms with Crippen LogP contribution in [0.3, 0.4) is 0 Å². The number of nitrogens with one attached hydrogen (secondary N) is 3. The van der Waals surface area contributed by atoms with Crippen molar-refractivity contribution in [2.24, 2.45) is 5.41 Å². The van der Waals surface area contributed by atoms with Gasteiger partial charge in [-0.2, -0.15) is 0 Å². The number of halogens is 2. The first-order valence-corrected chi connectivity index (χ1v) is 26.8. The topological polar surface area (TPSA) is 164 Å². The van der Waals surface area contributed by atoms with Crippen LogP contribution in [0.5, 0.6) is 0 Å². The number of nitrogens with zero attached hydrogens (tertiary/aromatic N) is 5. The fourth-order valence-electron chi connectivity index (χ4n) is 9.96. The minimum absolute atomic E-state index is 0. The molecule has 8 rings (SSSR count). The molecule has 4 aliphatic rings. The van der Waals surface area contributed by atoms with Gasteiger partial charge in [-0.25, -0.2) is 13.1 Å². The highest BCUT2D eigenvalue weighted by atomic mass is 35.5. The van der Waals surface area contributed by atoms with Gasteiger partial charge in [0.15, 0.2) is 0 Å². The number of aliphatic hydroxyl groups is 1. The summed E-state index contributed by atoms with van der Waals surface area (Å²) in [5.41, 5.74) is 5.32. The molecule has 1 amide bonds. The first-order chi connectivity index (χ1) is 32.8. The van der Waals surface area contributed by atoms with E-state index in [9.17, 15) is 28.4 Å². The predicted molar refractivity (Wildman–Crippen MR) is 281 cm³/mol. The smallest absolute Gasteiger partial charge is 0.293 e. The van der Waals surface area contributed by atoms with Gasteiger partial charge in [0.2, 0.25) is 0 Å². The molecule has 2 aliphatic heterocycles. The summed E-state index contributed by atoms with van der Waals surface area (Å²) in [7, 11) is -4.47. The Hall–Kier alpha value is -4.23. The zero-order valence-corrected chi connectivity index (χ0v) is 42.6. The van der Waals surface area contributed by atoms with E-state index in [4.69, 9.17) is 11.6 Å². The van der Waals surface area contributed by atoms with Gasteiger partial charge in [-0.3, -0.25) is 24.7 Å². The molecule has 2 heterocycles. The van der Waals surface area contributed by atoms with Crippen molar-refractivity contribution in [2.75, 3.05) is 101 Å². The highest BCUT2D eigenvalue weighted by Crippen LogP contribution is 2.44. The van der Waals surface area contributed by atoms with Crippen LogP contribution >= 0.6 is 35.8 Å². The number of piperazine rings is 2. The Kier molecular flexibility index (Phi) is 18.5. The van der Waals surface area contributed by atoms with Gasteiger partial charge in [0.25, 0.3) is 21.6 Å². The van der Waals surface area contributed by atoms with Crippen LogP contribution in [0.4, 0.5) is 17.1 Å². The average Bonchev–Trinajstić information content (AvgIpc) is 4.19. The van der Waals surface area contributed by atoms with E-state index < -0.39 is 26.5 Å². The zero-order chi connectivity index (χ0) is 47.7. The van der Waals surface area contributed by atoms with E-state index in [1.165, 1.54) is 28.8 Å². The fraction of sp³-hybridized carbons (Fsp3) is 0.471. The molecule has 18 heteroatoms. The number of carbonyl (C=O) groups excluding carboxylic acids is 1. The van der Waals surface area contributed by atoms with Crippen LogP contribution in [0.15, 0.2) is 112 Å². The molecule has 4 aromatic rings. The van der Waals surface area contributed by atoms with E-state index >= 15 is 0 Å². The van der Waals surface area contributed by atoms with Crippen LogP contribution in [-0.4, -0.2) is 142 Å². The van der Waals surface area contributed by atoms with E-state index in [-0.39, 0.29) is 46.6 Å². The van der Waals surface area contributed by atoms with Gasteiger partial charge < -0.3 is 25.5 Å². The van der Waals surface area contributed by atoms with Gasteiger partial charge >= 0.3 is 0 Å². The lowest BCUT2D eigenvalue weighted by atomic mass is 9.71. The third kappa shape index (κ3) is 14.4. The van der Waals surface area contributed by atoms with Crippen LogP contribution in [0.25, 0.3) is 5.57 Å². The Balaban J connectivity index is 0.00000703. The normalized spacial score (nSPS) is 19.8. The van der Waals surface area contributed by atoms with Crippen molar-refractivity contribution in [3.63, 3.8) is 0 Å². The molecule has 1 saturated carbocycles. The molecule has 1 unspecified atom stereocenters. The number of amides is 1. The van der Waals surface area contributed by atoms with Crippen LogP contribution in [-0.2, 0) is 10.0 Å². The summed E-state index contributed by atoms with van der Waals surface area (Å²) in [4.78, 5) is 35.6. The van der Waals surface area contributed by atoms with E-state index in [1.807, 2.05) is 54.6 Å². The van der Waals surface area contributed by atoms with Gasteiger partial charge in [0.05, 0.1) is 16.4 Å². The van der Waals surface area contributed by atoms with E-state index in [2.05, 4.69) is 54.0 Å². The second-order valence-electron chi connectivity index (χ2n) is 19.0. The number of nitro benzene ring substituents is 1. The monoisotopic (exact) mass is 1020 g/mol. The first-order valence-electron chi connectivity index (χ1n) is 24.0. The van der Waals surface area contributed by atoms with E-state index in [0.29, 0.717) is 31.3 Å². The lowest BCUT2D eigenvalue weighted by Crippen LogP contribution is -2.49. The summed E-state index contributed by atoms with van der Waals surface area (Å²) in [6.07, 6.45) is 6.10.